The Kier molecular flexibility index (Phi) is 9.44. The van der Waals surface area contributed by atoms with Crippen molar-refractivity contribution in [1.82, 2.24) is 14.5 Å². The van der Waals surface area contributed by atoms with E-state index in [2.05, 4.69) is 9.97 Å². The van der Waals surface area contributed by atoms with Crippen LogP contribution in [0.3, 0.4) is 0 Å². The van der Waals surface area contributed by atoms with Gasteiger partial charge in [0, 0.05) is 23.4 Å². The predicted molar refractivity (Wildman–Crippen MR) is 169 cm³/mol. The number of ether oxygens (including phenoxy) is 2. The third-order valence-corrected chi connectivity index (χ3v) is 8.79. The van der Waals surface area contributed by atoms with E-state index < -0.39 is 22.5 Å². The minimum atomic E-state index is -0.864. The molecule has 2 aromatic heterocycles. The fourth-order valence-electron chi connectivity index (χ4n) is 5.02. The molecule has 0 bridgehead atoms. The lowest BCUT2D eigenvalue weighted by Gasteiger charge is -2.26. The van der Waals surface area contributed by atoms with E-state index in [4.69, 9.17) is 14.5 Å². The first-order valence-corrected chi connectivity index (χ1v) is 15.7. The van der Waals surface area contributed by atoms with E-state index in [1.807, 2.05) is 6.92 Å². The largest absolute Gasteiger partial charge is 0.496 e. The van der Waals surface area contributed by atoms with E-state index >= 15 is 0 Å². The number of nitro groups is 1. The first-order valence-electron chi connectivity index (χ1n) is 14.0. The lowest BCUT2D eigenvalue weighted by Crippen LogP contribution is -2.40. The van der Waals surface area contributed by atoms with E-state index in [1.165, 1.54) is 23.8 Å². The summed E-state index contributed by atoms with van der Waals surface area (Å²) in [6.07, 6.45) is 2.75. The van der Waals surface area contributed by atoms with E-state index in [1.54, 1.807) is 56.3 Å². The second-order valence-corrected chi connectivity index (χ2v) is 12.0. The predicted octanol–water partition coefficient (Wildman–Crippen LogP) is 4.04. The van der Waals surface area contributed by atoms with E-state index in [0.29, 0.717) is 45.9 Å². The van der Waals surface area contributed by atoms with Crippen molar-refractivity contribution in [1.29, 1.82) is 0 Å². The summed E-state index contributed by atoms with van der Waals surface area (Å²) in [5.41, 5.74) is 1.28. The van der Waals surface area contributed by atoms with E-state index in [-0.39, 0.29) is 38.0 Å². The summed E-state index contributed by atoms with van der Waals surface area (Å²) >= 11 is 2.09. The molecule has 1 aliphatic rings. The molecule has 5 rings (SSSR count). The molecule has 1 N–H and O–H groups in total. The summed E-state index contributed by atoms with van der Waals surface area (Å²) in [5.74, 6) is -0.0761. The zero-order chi connectivity index (χ0) is 32.2. The smallest absolute Gasteiger partial charge is 0.338 e. The molecule has 0 spiro atoms. The molecule has 2 aromatic carbocycles. The van der Waals surface area contributed by atoms with Gasteiger partial charge < -0.3 is 14.5 Å². The maximum absolute atomic E-state index is 14.1. The van der Waals surface area contributed by atoms with Gasteiger partial charge in [0.2, 0.25) is 0 Å². The lowest BCUT2D eigenvalue weighted by molar-refractivity contribution is -0.387. The number of hydrogen-bond donors (Lipinski definition) is 1. The number of nitrogens with one attached hydrogen (secondary N) is 1. The second kappa shape index (κ2) is 13.4. The summed E-state index contributed by atoms with van der Waals surface area (Å²) in [6, 6.07) is 12.2. The van der Waals surface area contributed by atoms with Crippen LogP contribution in [0, 0.1) is 17.0 Å². The molecule has 0 amide bonds. The Hall–Kier alpha value is -4.82. The van der Waals surface area contributed by atoms with Crippen molar-refractivity contribution < 1.29 is 19.2 Å². The number of hydrogen-bond acceptors (Lipinski definition) is 11. The van der Waals surface area contributed by atoms with Gasteiger partial charge >= 0.3 is 5.97 Å². The quantitative estimate of drug-likeness (QED) is 0.116. The normalized spacial score (nSPS) is 14.6. The number of aromatic nitrogens is 3. The highest BCUT2D eigenvalue weighted by atomic mass is 32.2. The van der Waals surface area contributed by atoms with Crippen LogP contribution in [0.25, 0.3) is 6.08 Å². The number of fused-ring (bicyclic) bond motifs is 1. The van der Waals surface area contributed by atoms with Crippen LogP contribution in [-0.4, -0.2) is 39.1 Å². The van der Waals surface area contributed by atoms with Crippen molar-refractivity contribution in [3.05, 3.63) is 117 Å². The number of carbonyl (C=O) groups is 1. The number of methoxy groups -OCH3 is 1. The summed E-state index contributed by atoms with van der Waals surface area (Å²) in [6.45, 7) is 5.49. The zero-order valence-electron chi connectivity index (χ0n) is 24.9. The van der Waals surface area contributed by atoms with Gasteiger partial charge in [0.25, 0.3) is 16.8 Å². The van der Waals surface area contributed by atoms with Gasteiger partial charge in [0.05, 0.1) is 39.3 Å². The number of para-hydroxylation sites is 1. The number of esters is 1. The molecule has 1 atom stereocenters. The van der Waals surface area contributed by atoms with Crippen molar-refractivity contribution in [3.8, 4) is 5.75 Å². The molecule has 45 heavy (non-hydrogen) atoms. The Morgan fingerprint density at radius 3 is 2.67 bits per heavy atom. The van der Waals surface area contributed by atoms with Crippen molar-refractivity contribution in [2.24, 2.45) is 4.99 Å². The number of H-pyrrole nitrogens is 1. The molecule has 0 aliphatic carbocycles. The van der Waals surface area contributed by atoms with Crippen LogP contribution < -0.4 is 25.2 Å². The number of aryl methyl sites for hydroxylation is 1. The standard InChI is InChI=1S/C31H29N5O7S2/c1-5-9-20-26(29(39)43-6-2)27(19-10-7-8-11-22(19)42-4)35-28(38)24(45-31(35)33-20)16-18-12-13-23(21(15-18)36(40)41)44-30-32-17(3)14-25(37)34-30/h7-8,10-16,27H,5-6,9H2,1-4H3,(H,32,34,37)/b24-16+/t27-/m0/s1. The lowest BCUT2D eigenvalue weighted by atomic mass is 9.93. The van der Waals surface area contributed by atoms with Crippen molar-refractivity contribution in [2.45, 2.75) is 49.7 Å². The van der Waals surface area contributed by atoms with Gasteiger partial charge in [0.15, 0.2) is 9.96 Å². The first-order chi connectivity index (χ1) is 21.6. The topological polar surface area (TPSA) is 159 Å². The molecule has 14 heteroatoms. The molecule has 12 nitrogen and oxygen atoms in total. The summed E-state index contributed by atoms with van der Waals surface area (Å²) in [4.78, 5) is 63.1. The SMILES string of the molecule is CCCC1=C(C(=O)OCC)[C@H](c2ccccc2OC)n2c(s/c(=C/c3ccc(Sc4nc(C)cc(=O)[nH]4)c([N+](=O)[O-])c3)c2=O)=N1. The van der Waals surface area contributed by atoms with E-state index in [9.17, 15) is 24.5 Å². The van der Waals surface area contributed by atoms with E-state index in [0.717, 1.165) is 23.1 Å². The number of allylic oxidation sites excluding steroid dienone is 1. The molecule has 0 saturated carbocycles. The van der Waals surface area contributed by atoms with Gasteiger partial charge in [-0.1, -0.05) is 48.9 Å². The molecule has 1 aliphatic heterocycles. The third-order valence-electron chi connectivity index (χ3n) is 6.86. The Bertz CT molecular complexity index is 2080. The molecule has 4 aromatic rings. The fraction of sp³-hybridized carbons (Fsp3) is 0.258. The van der Waals surface area contributed by atoms with Crippen molar-refractivity contribution in [2.75, 3.05) is 13.7 Å². The van der Waals surface area contributed by atoms with Crippen LogP contribution >= 0.6 is 23.1 Å². The summed E-state index contributed by atoms with van der Waals surface area (Å²) in [7, 11) is 1.52. The minimum absolute atomic E-state index is 0.147. The van der Waals surface area contributed by atoms with Crippen LogP contribution in [0.5, 0.6) is 5.75 Å². The molecule has 0 radical (unpaired) electrons. The Balaban J connectivity index is 1.67. The van der Waals surface area contributed by atoms with Gasteiger partial charge in [-0.15, -0.1) is 0 Å². The summed E-state index contributed by atoms with van der Waals surface area (Å²) in [5, 5.41) is 12.3. The van der Waals surface area contributed by atoms with Crippen molar-refractivity contribution in [3.63, 3.8) is 0 Å². The Morgan fingerprint density at radius 2 is 1.98 bits per heavy atom. The number of rotatable bonds is 10. The third kappa shape index (κ3) is 6.51. The number of thiazole rings is 1. The minimum Gasteiger partial charge on any atom is -0.496 e. The average molecular weight is 648 g/mol. The van der Waals surface area contributed by atoms with Gasteiger partial charge in [-0.05, 0) is 55.8 Å². The zero-order valence-corrected chi connectivity index (χ0v) is 26.5. The molecular formula is C31H29N5O7S2. The van der Waals surface area contributed by atoms with Gasteiger partial charge in [0.1, 0.15) is 11.8 Å². The molecule has 0 unspecified atom stereocenters. The Morgan fingerprint density at radius 1 is 1.20 bits per heavy atom. The van der Waals surface area contributed by atoms with Crippen LogP contribution in [0.4, 0.5) is 5.69 Å². The second-order valence-electron chi connectivity index (χ2n) is 9.93. The monoisotopic (exact) mass is 647 g/mol. The molecule has 232 valence electrons. The van der Waals surface area contributed by atoms with Crippen LogP contribution in [0.1, 0.15) is 49.6 Å². The first kappa shape index (κ1) is 31.6. The molecule has 0 fully saturated rings. The number of carbonyl (C=O) groups excluding carboxylic acids is 1. The number of aromatic amines is 1. The Labute approximate surface area is 264 Å². The van der Waals surface area contributed by atoms with Crippen LogP contribution in [0.2, 0.25) is 0 Å². The van der Waals surface area contributed by atoms with Crippen molar-refractivity contribution >= 4 is 40.8 Å². The maximum atomic E-state index is 14.1. The number of nitro benzene ring substituents is 1. The maximum Gasteiger partial charge on any atom is 0.338 e. The summed E-state index contributed by atoms with van der Waals surface area (Å²) < 4.78 is 12.8. The number of nitrogens with zero attached hydrogens (tertiary/aromatic N) is 4. The fourth-order valence-corrected chi connectivity index (χ4v) is 6.96. The highest BCUT2D eigenvalue weighted by Gasteiger charge is 2.35. The van der Waals surface area contributed by atoms with Gasteiger partial charge in [-0.2, -0.15) is 0 Å². The van der Waals surface area contributed by atoms with Crippen LogP contribution in [-0.2, 0) is 9.53 Å². The van der Waals surface area contributed by atoms with Gasteiger partial charge in [-0.25, -0.2) is 14.8 Å². The van der Waals surface area contributed by atoms with Crippen LogP contribution in [0.15, 0.2) is 84.4 Å². The molecule has 3 heterocycles. The average Bonchev–Trinajstić information content (AvgIpc) is 3.30. The number of benzene rings is 2. The molecular weight excluding hydrogens is 619 g/mol. The highest BCUT2D eigenvalue weighted by molar-refractivity contribution is 7.99. The molecule has 0 saturated heterocycles. The van der Waals surface area contributed by atoms with Gasteiger partial charge in [-0.3, -0.25) is 24.3 Å². The highest BCUT2D eigenvalue weighted by Crippen LogP contribution is 2.37.